The van der Waals surface area contributed by atoms with Crippen LogP contribution in [0.2, 0.25) is 0 Å². The van der Waals surface area contributed by atoms with Gasteiger partial charge in [-0.25, -0.2) is 4.89 Å². The van der Waals surface area contributed by atoms with Crippen LogP contribution < -0.4 is 0 Å². The first-order chi connectivity index (χ1) is 14.6. The van der Waals surface area contributed by atoms with E-state index in [1.807, 2.05) is 66.7 Å². The maximum absolute atomic E-state index is 13.5. The molecule has 0 aromatic heterocycles. The van der Waals surface area contributed by atoms with Crippen LogP contribution in [0.15, 0.2) is 91.0 Å². The number of Topliss-reactive ketones (excluding diaryl/α,β-unsaturated/α-hetero) is 1. The van der Waals surface area contributed by atoms with Crippen LogP contribution in [0.1, 0.15) is 34.8 Å². The highest BCUT2D eigenvalue weighted by Crippen LogP contribution is 2.48. The molecule has 1 saturated heterocycles. The van der Waals surface area contributed by atoms with Crippen molar-refractivity contribution in [1.29, 1.82) is 0 Å². The second kappa shape index (κ2) is 8.50. The number of ketones is 1. The van der Waals surface area contributed by atoms with E-state index in [4.69, 9.17) is 14.5 Å². The standard InChI is InChI=1S/C25H24O5/c1-2-28-25(27)22(23(26)19-12-6-3-7-13-19)18-24(29-30-25,20-14-8-4-9-15-20)21-16-10-5-11-17-21/h3-17,22,27H,2,18H2,1H3. The average molecular weight is 404 g/mol. The summed E-state index contributed by atoms with van der Waals surface area (Å²) in [6.07, 6.45) is 0.144. The summed E-state index contributed by atoms with van der Waals surface area (Å²) >= 11 is 0. The average Bonchev–Trinajstić information content (AvgIpc) is 2.81. The van der Waals surface area contributed by atoms with E-state index in [2.05, 4.69) is 0 Å². The van der Waals surface area contributed by atoms with E-state index >= 15 is 0 Å². The Morgan fingerprint density at radius 3 is 1.90 bits per heavy atom. The zero-order valence-electron chi connectivity index (χ0n) is 16.7. The number of hydrogen-bond acceptors (Lipinski definition) is 5. The largest absolute Gasteiger partial charge is 0.341 e. The quantitative estimate of drug-likeness (QED) is 0.373. The molecule has 1 N–H and O–H groups in total. The summed E-state index contributed by atoms with van der Waals surface area (Å²) in [6.45, 7) is 1.88. The molecular weight excluding hydrogens is 380 g/mol. The number of rotatable bonds is 6. The molecule has 0 radical (unpaired) electrons. The highest BCUT2D eigenvalue weighted by molar-refractivity contribution is 5.98. The Kier molecular flexibility index (Phi) is 5.79. The van der Waals surface area contributed by atoms with Gasteiger partial charge < -0.3 is 9.84 Å². The fourth-order valence-corrected chi connectivity index (χ4v) is 3.95. The number of carbonyl (C=O) groups excluding carboxylic acids is 1. The normalized spacial score (nSPS) is 23.1. The predicted molar refractivity (Wildman–Crippen MR) is 111 cm³/mol. The first-order valence-corrected chi connectivity index (χ1v) is 10.0. The zero-order chi connectivity index (χ0) is 21.0. The second-order valence-electron chi connectivity index (χ2n) is 7.28. The van der Waals surface area contributed by atoms with Gasteiger partial charge in [0, 0.05) is 18.6 Å². The number of benzene rings is 3. The van der Waals surface area contributed by atoms with Crippen molar-refractivity contribution in [2.75, 3.05) is 6.61 Å². The molecule has 3 aromatic carbocycles. The number of hydrogen-bond donors (Lipinski definition) is 1. The van der Waals surface area contributed by atoms with Gasteiger partial charge in [0.1, 0.15) is 5.92 Å². The highest BCUT2D eigenvalue weighted by atomic mass is 17.3. The molecule has 0 bridgehead atoms. The van der Waals surface area contributed by atoms with Gasteiger partial charge in [0.25, 0.3) is 0 Å². The third kappa shape index (κ3) is 3.68. The molecule has 5 heteroatoms. The Hall–Kier alpha value is -2.83. The summed E-state index contributed by atoms with van der Waals surface area (Å²) in [7, 11) is 0. The van der Waals surface area contributed by atoms with E-state index in [0.717, 1.165) is 11.1 Å². The summed E-state index contributed by atoms with van der Waals surface area (Å²) in [4.78, 5) is 24.9. The summed E-state index contributed by atoms with van der Waals surface area (Å²) in [5.41, 5.74) is 1.03. The van der Waals surface area contributed by atoms with E-state index in [1.54, 1.807) is 31.2 Å². The van der Waals surface area contributed by atoms with Crippen LogP contribution in [-0.4, -0.2) is 23.5 Å². The smallest absolute Gasteiger partial charge is 0.320 e. The van der Waals surface area contributed by atoms with Gasteiger partial charge in [-0.3, -0.25) is 4.79 Å². The summed E-state index contributed by atoms with van der Waals surface area (Å²) in [6, 6.07) is 28.0. The van der Waals surface area contributed by atoms with Gasteiger partial charge in [-0.2, -0.15) is 4.89 Å². The van der Waals surface area contributed by atoms with Crippen molar-refractivity contribution >= 4 is 5.78 Å². The molecule has 0 saturated carbocycles. The first kappa shape index (κ1) is 20.4. The van der Waals surface area contributed by atoms with Crippen molar-refractivity contribution in [2.45, 2.75) is 24.9 Å². The number of ether oxygens (including phenoxy) is 1. The van der Waals surface area contributed by atoms with Crippen LogP contribution in [0.4, 0.5) is 0 Å². The van der Waals surface area contributed by atoms with Crippen molar-refractivity contribution in [2.24, 2.45) is 5.92 Å². The van der Waals surface area contributed by atoms with Gasteiger partial charge in [-0.1, -0.05) is 91.0 Å². The molecule has 30 heavy (non-hydrogen) atoms. The molecule has 1 heterocycles. The first-order valence-electron chi connectivity index (χ1n) is 10.0. The lowest BCUT2D eigenvalue weighted by atomic mass is 9.75. The molecule has 0 amide bonds. The van der Waals surface area contributed by atoms with Crippen LogP contribution >= 0.6 is 0 Å². The van der Waals surface area contributed by atoms with E-state index in [9.17, 15) is 9.90 Å². The molecule has 3 aromatic rings. The van der Waals surface area contributed by atoms with Crippen molar-refractivity contribution in [3.8, 4) is 0 Å². The maximum Gasteiger partial charge on any atom is 0.320 e. The lowest BCUT2D eigenvalue weighted by Crippen LogP contribution is -2.56. The zero-order valence-corrected chi connectivity index (χ0v) is 16.7. The van der Waals surface area contributed by atoms with Gasteiger partial charge in [-0.05, 0) is 18.1 Å². The van der Waals surface area contributed by atoms with Crippen LogP contribution in [0.5, 0.6) is 0 Å². The minimum Gasteiger partial charge on any atom is -0.341 e. The molecule has 0 aliphatic carbocycles. The fourth-order valence-electron chi connectivity index (χ4n) is 3.95. The highest BCUT2D eigenvalue weighted by Gasteiger charge is 2.57. The molecule has 2 atom stereocenters. The fraction of sp³-hybridized carbons (Fsp3) is 0.240. The summed E-state index contributed by atoms with van der Waals surface area (Å²) in [5.74, 6) is -3.46. The Bertz CT molecular complexity index is 935. The SMILES string of the molecule is CCOC1(O)OOC(c2ccccc2)(c2ccccc2)CC1C(=O)c1ccccc1. The maximum atomic E-state index is 13.5. The van der Waals surface area contributed by atoms with Gasteiger partial charge >= 0.3 is 5.97 Å². The molecule has 1 aliphatic rings. The van der Waals surface area contributed by atoms with Crippen molar-refractivity contribution in [1.82, 2.24) is 0 Å². The lowest BCUT2D eigenvalue weighted by molar-refractivity contribution is -0.555. The third-order valence-electron chi connectivity index (χ3n) is 5.44. The molecule has 2 unspecified atom stereocenters. The third-order valence-corrected chi connectivity index (χ3v) is 5.44. The Labute approximate surface area is 175 Å². The lowest BCUT2D eigenvalue weighted by Gasteiger charge is -2.46. The predicted octanol–water partition coefficient (Wildman–Crippen LogP) is 4.46. The Morgan fingerprint density at radius 2 is 1.40 bits per heavy atom. The Morgan fingerprint density at radius 1 is 0.900 bits per heavy atom. The van der Waals surface area contributed by atoms with Crippen molar-refractivity contribution < 1.29 is 24.4 Å². The Balaban J connectivity index is 1.83. The van der Waals surface area contributed by atoms with Crippen LogP contribution in [-0.2, 0) is 20.1 Å². The van der Waals surface area contributed by atoms with E-state index in [0.29, 0.717) is 5.56 Å². The van der Waals surface area contributed by atoms with Gasteiger partial charge in [0.15, 0.2) is 11.4 Å². The number of carbonyl (C=O) groups is 1. The molecule has 5 nitrogen and oxygen atoms in total. The van der Waals surface area contributed by atoms with Crippen molar-refractivity contribution in [3.05, 3.63) is 108 Å². The van der Waals surface area contributed by atoms with E-state index in [1.165, 1.54) is 0 Å². The molecule has 154 valence electrons. The molecule has 1 aliphatic heterocycles. The topological polar surface area (TPSA) is 65.0 Å². The number of aliphatic hydroxyl groups is 1. The summed E-state index contributed by atoms with van der Waals surface area (Å²) < 4.78 is 5.48. The van der Waals surface area contributed by atoms with Crippen LogP contribution in [0.25, 0.3) is 0 Å². The second-order valence-corrected chi connectivity index (χ2v) is 7.28. The van der Waals surface area contributed by atoms with Crippen molar-refractivity contribution in [3.63, 3.8) is 0 Å². The minimum atomic E-state index is -2.19. The molecule has 4 rings (SSSR count). The van der Waals surface area contributed by atoms with E-state index in [-0.39, 0.29) is 18.8 Å². The molecular formula is C25H24O5. The summed E-state index contributed by atoms with van der Waals surface area (Å²) in [5, 5.41) is 11.1. The monoisotopic (exact) mass is 404 g/mol. The van der Waals surface area contributed by atoms with Crippen LogP contribution in [0.3, 0.4) is 0 Å². The van der Waals surface area contributed by atoms with Gasteiger partial charge in [-0.15, -0.1) is 0 Å². The van der Waals surface area contributed by atoms with Crippen LogP contribution in [0, 0.1) is 5.92 Å². The molecule has 1 fully saturated rings. The minimum absolute atomic E-state index is 0.144. The van der Waals surface area contributed by atoms with Gasteiger partial charge in [0.05, 0.1) is 0 Å². The van der Waals surface area contributed by atoms with E-state index < -0.39 is 17.5 Å². The molecule has 0 spiro atoms. The van der Waals surface area contributed by atoms with Gasteiger partial charge in [0.2, 0.25) is 0 Å².